The number of nitrogens with zero attached hydrogens (tertiary/aromatic N) is 2. The van der Waals surface area contributed by atoms with Gasteiger partial charge in [-0.3, -0.25) is 0 Å². The molecule has 5 rings (SSSR count). The van der Waals surface area contributed by atoms with E-state index in [1.54, 1.807) is 15.6 Å². The Morgan fingerprint density at radius 2 is 1.82 bits per heavy atom. The van der Waals surface area contributed by atoms with Crippen molar-refractivity contribution < 1.29 is 8.42 Å². The van der Waals surface area contributed by atoms with Crippen molar-refractivity contribution in [3.63, 3.8) is 0 Å². The molecule has 2 aliphatic rings. The average molecular weight is 411 g/mol. The highest BCUT2D eigenvalue weighted by atomic mass is 32.2. The van der Waals surface area contributed by atoms with Crippen molar-refractivity contribution in [3.05, 3.63) is 69.6 Å². The second-order valence-corrected chi connectivity index (χ2v) is 10.5. The summed E-state index contributed by atoms with van der Waals surface area (Å²) in [6.45, 7) is 0.571. The van der Waals surface area contributed by atoms with E-state index < -0.39 is 10.0 Å². The molecule has 28 heavy (non-hydrogen) atoms. The van der Waals surface area contributed by atoms with E-state index in [4.69, 9.17) is 4.98 Å². The van der Waals surface area contributed by atoms with Crippen LogP contribution in [0.3, 0.4) is 0 Å². The number of aromatic nitrogens is 1. The molecule has 1 aromatic heterocycles. The SMILES string of the molecule is O=S(=O)(C1=Cc2ccccc2CC1)N1CCCC[C@H]1c1nc2ccccc2s1. The van der Waals surface area contributed by atoms with Crippen molar-refractivity contribution in [2.24, 2.45) is 0 Å². The lowest BCUT2D eigenvalue weighted by Gasteiger charge is -2.34. The van der Waals surface area contributed by atoms with Crippen molar-refractivity contribution in [1.82, 2.24) is 9.29 Å². The van der Waals surface area contributed by atoms with Crippen LogP contribution < -0.4 is 0 Å². The Kier molecular flexibility index (Phi) is 4.57. The van der Waals surface area contributed by atoms with Gasteiger partial charge in [-0.15, -0.1) is 11.3 Å². The summed E-state index contributed by atoms with van der Waals surface area (Å²) < 4.78 is 30.0. The number of hydrogen-bond acceptors (Lipinski definition) is 4. The van der Waals surface area contributed by atoms with Crippen LogP contribution in [0.2, 0.25) is 0 Å². The van der Waals surface area contributed by atoms with Crippen LogP contribution in [-0.4, -0.2) is 24.3 Å². The van der Waals surface area contributed by atoms with E-state index in [2.05, 4.69) is 12.1 Å². The zero-order valence-electron chi connectivity index (χ0n) is 15.5. The van der Waals surface area contributed by atoms with Crippen LogP contribution in [0.4, 0.5) is 0 Å². The molecule has 1 aliphatic carbocycles. The normalized spacial score (nSPS) is 20.7. The quantitative estimate of drug-likeness (QED) is 0.601. The Labute approximate surface area is 169 Å². The molecule has 0 amide bonds. The van der Waals surface area contributed by atoms with Gasteiger partial charge < -0.3 is 0 Å². The molecule has 1 atom stereocenters. The van der Waals surface area contributed by atoms with Gasteiger partial charge in [-0.1, -0.05) is 42.8 Å². The number of piperidine rings is 1. The van der Waals surface area contributed by atoms with E-state index in [9.17, 15) is 8.42 Å². The number of thiazole rings is 1. The van der Waals surface area contributed by atoms with Gasteiger partial charge in [0.1, 0.15) is 5.01 Å². The molecule has 4 nitrogen and oxygen atoms in total. The molecule has 2 heterocycles. The summed E-state index contributed by atoms with van der Waals surface area (Å²) in [5.41, 5.74) is 3.21. The summed E-state index contributed by atoms with van der Waals surface area (Å²) in [5.74, 6) is 0. The van der Waals surface area contributed by atoms with Gasteiger partial charge in [0.25, 0.3) is 0 Å². The highest BCUT2D eigenvalue weighted by Crippen LogP contribution is 2.40. The van der Waals surface area contributed by atoms with Crippen molar-refractivity contribution in [2.75, 3.05) is 6.54 Å². The van der Waals surface area contributed by atoms with Crippen LogP contribution in [-0.2, 0) is 16.4 Å². The van der Waals surface area contributed by atoms with Gasteiger partial charge in [-0.05, 0) is 55.0 Å². The first-order valence-electron chi connectivity index (χ1n) is 9.79. The van der Waals surface area contributed by atoms with E-state index in [0.717, 1.165) is 46.5 Å². The molecular weight excluding hydrogens is 388 g/mol. The molecule has 0 bridgehead atoms. The van der Waals surface area contributed by atoms with Gasteiger partial charge in [-0.25, -0.2) is 13.4 Å². The van der Waals surface area contributed by atoms with Gasteiger partial charge >= 0.3 is 0 Å². The first-order valence-corrected chi connectivity index (χ1v) is 12.0. The third-order valence-electron chi connectivity index (χ3n) is 5.70. The first-order chi connectivity index (χ1) is 13.6. The number of allylic oxidation sites excluding steroid dienone is 1. The average Bonchev–Trinajstić information content (AvgIpc) is 3.17. The lowest BCUT2D eigenvalue weighted by molar-refractivity contribution is 0.257. The maximum absolute atomic E-state index is 13.6. The topological polar surface area (TPSA) is 50.3 Å². The van der Waals surface area contributed by atoms with Gasteiger partial charge in [0.15, 0.2) is 0 Å². The van der Waals surface area contributed by atoms with Crippen molar-refractivity contribution >= 4 is 37.7 Å². The molecule has 1 fully saturated rings. The third kappa shape index (κ3) is 3.09. The Bertz CT molecular complexity index is 1130. The van der Waals surface area contributed by atoms with Gasteiger partial charge in [0, 0.05) is 6.54 Å². The second kappa shape index (κ2) is 7.10. The number of fused-ring (bicyclic) bond motifs is 2. The Hall–Kier alpha value is -2.02. The second-order valence-electron chi connectivity index (χ2n) is 7.46. The highest BCUT2D eigenvalue weighted by molar-refractivity contribution is 7.93. The summed E-state index contributed by atoms with van der Waals surface area (Å²) in [4.78, 5) is 5.32. The van der Waals surface area contributed by atoms with Crippen molar-refractivity contribution in [3.8, 4) is 0 Å². The summed E-state index contributed by atoms with van der Waals surface area (Å²) in [6.07, 6.45) is 6.00. The van der Waals surface area contributed by atoms with E-state index in [1.165, 1.54) is 5.56 Å². The largest absolute Gasteiger partial charge is 0.239 e. The molecule has 1 aliphatic heterocycles. The Balaban J connectivity index is 1.53. The molecule has 6 heteroatoms. The number of aryl methyl sites for hydroxylation is 1. The number of sulfonamides is 1. The molecule has 144 valence electrons. The lowest BCUT2D eigenvalue weighted by Crippen LogP contribution is -2.39. The summed E-state index contributed by atoms with van der Waals surface area (Å²) in [6, 6.07) is 15.9. The molecule has 0 saturated carbocycles. The molecular formula is C22H22N2O2S2. The van der Waals surface area contributed by atoms with Crippen LogP contribution in [0.1, 0.15) is 47.9 Å². The maximum atomic E-state index is 13.6. The molecule has 0 N–H and O–H groups in total. The van der Waals surface area contributed by atoms with E-state index in [-0.39, 0.29) is 6.04 Å². The van der Waals surface area contributed by atoms with Gasteiger partial charge in [0.05, 0.1) is 21.2 Å². The highest BCUT2D eigenvalue weighted by Gasteiger charge is 2.37. The van der Waals surface area contributed by atoms with Crippen molar-refractivity contribution in [2.45, 2.75) is 38.1 Å². The summed E-state index contributed by atoms with van der Waals surface area (Å²) in [7, 11) is -3.50. The standard InChI is InChI=1S/C22H22N2O2S2/c25-28(26,18-13-12-16-7-1-2-8-17(16)15-18)24-14-6-5-10-20(24)22-23-19-9-3-4-11-21(19)27-22/h1-4,7-9,11,15,20H,5-6,10,12-14H2/t20-/m0/s1. The Morgan fingerprint density at radius 3 is 2.71 bits per heavy atom. The van der Waals surface area contributed by atoms with Crippen LogP contribution in [0.25, 0.3) is 16.3 Å². The van der Waals surface area contributed by atoms with Gasteiger partial charge in [-0.2, -0.15) is 4.31 Å². The minimum absolute atomic E-state index is 0.158. The number of benzene rings is 2. The van der Waals surface area contributed by atoms with E-state index in [0.29, 0.717) is 17.9 Å². The molecule has 1 saturated heterocycles. The van der Waals surface area contributed by atoms with Crippen LogP contribution >= 0.6 is 11.3 Å². The molecule has 0 spiro atoms. The van der Waals surface area contributed by atoms with Crippen LogP contribution in [0, 0.1) is 0 Å². The molecule has 0 unspecified atom stereocenters. The first kappa shape index (κ1) is 18.0. The summed E-state index contributed by atoms with van der Waals surface area (Å²) >= 11 is 1.62. The molecule has 0 radical (unpaired) electrons. The van der Waals surface area contributed by atoms with Crippen LogP contribution in [0.5, 0.6) is 0 Å². The number of rotatable bonds is 3. The fourth-order valence-electron chi connectivity index (χ4n) is 4.23. The summed E-state index contributed by atoms with van der Waals surface area (Å²) in [5, 5.41) is 0.918. The van der Waals surface area contributed by atoms with E-state index in [1.807, 2.05) is 42.5 Å². The zero-order valence-corrected chi connectivity index (χ0v) is 17.2. The smallest absolute Gasteiger partial charge is 0.239 e. The lowest BCUT2D eigenvalue weighted by atomic mass is 9.98. The van der Waals surface area contributed by atoms with E-state index >= 15 is 0 Å². The van der Waals surface area contributed by atoms with Crippen LogP contribution in [0.15, 0.2) is 53.4 Å². The minimum Gasteiger partial charge on any atom is -0.239 e. The molecule has 3 aromatic rings. The number of para-hydroxylation sites is 1. The number of hydrogen-bond donors (Lipinski definition) is 0. The predicted octanol–water partition coefficient (Wildman–Crippen LogP) is 5.14. The monoisotopic (exact) mass is 410 g/mol. The third-order valence-corrected chi connectivity index (χ3v) is 8.88. The van der Waals surface area contributed by atoms with Crippen molar-refractivity contribution in [1.29, 1.82) is 0 Å². The zero-order chi connectivity index (χ0) is 19.1. The fourth-order valence-corrected chi connectivity index (χ4v) is 7.26. The predicted molar refractivity (Wildman–Crippen MR) is 115 cm³/mol. The maximum Gasteiger partial charge on any atom is 0.239 e. The fraction of sp³-hybridized carbons (Fsp3) is 0.318. The minimum atomic E-state index is -3.50. The van der Waals surface area contributed by atoms with Gasteiger partial charge in [0.2, 0.25) is 10.0 Å². The molecule has 2 aromatic carbocycles. The Morgan fingerprint density at radius 1 is 1.00 bits per heavy atom.